The fraction of sp³-hybridized carbons (Fsp3) is 0.200. The number of rotatable bonds is 5. The van der Waals surface area contributed by atoms with Crippen molar-refractivity contribution >= 4 is 17.5 Å². The van der Waals surface area contributed by atoms with Gasteiger partial charge in [0.25, 0.3) is 5.91 Å². The molecule has 0 bridgehead atoms. The van der Waals surface area contributed by atoms with Gasteiger partial charge in [-0.1, -0.05) is 0 Å². The minimum absolute atomic E-state index is 0.218. The van der Waals surface area contributed by atoms with Crippen LogP contribution in [0.5, 0.6) is 0 Å². The second-order valence-corrected chi connectivity index (χ2v) is 3.48. The van der Waals surface area contributed by atoms with Gasteiger partial charge in [-0.25, -0.2) is 4.39 Å². The molecule has 0 unspecified atom stereocenters. The Hall–Kier alpha value is -2.58. The molecule has 9 heteroatoms. The van der Waals surface area contributed by atoms with Crippen molar-refractivity contribution < 1.29 is 23.3 Å². The zero-order valence-corrected chi connectivity index (χ0v) is 9.48. The molecule has 0 aliphatic heterocycles. The predicted molar refractivity (Wildman–Crippen MR) is 59.2 cm³/mol. The molecule has 0 fully saturated rings. The summed E-state index contributed by atoms with van der Waals surface area (Å²) in [5, 5.41) is 12.5. The Morgan fingerprint density at radius 3 is 2.53 bits per heavy atom. The van der Waals surface area contributed by atoms with E-state index in [1.165, 1.54) is 0 Å². The minimum atomic E-state index is -1.57. The van der Waals surface area contributed by atoms with Gasteiger partial charge in [0, 0.05) is 19.0 Å². The highest BCUT2D eigenvalue weighted by molar-refractivity contribution is 5.95. The third-order valence-corrected chi connectivity index (χ3v) is 2.15. The molecule has 0 heterocycles. The maximum atomic E-state index is 13.6. The second kappa shape index (κ2) is 5.85. The first-order valence-corrected chi connectivity index (χ1v) is 5.03. The molecule has 0 radical (unpaired) electrons. The molecule has 1 aromatic rings. The molecule has 102 valence electrons. The molecule has 2 amide bonds. The lowest BCUT2D eigenvalue weighted by atomic mass is 10.1. The molecule has 1 aromatic carbocycles. The Kier molecular flexibility index (Phi) is 4.46. The van der Waals surface area contributed by atoms with Crippen LogP contribution in [0.4, 0.5) is 14.5 Å². The van der Waals surface area contributed by atoms with Gasteiger partial charge in [0.2, 0.25) is 11.7 Å². The van der Waals surface area contributed by atoms with Gasteiger partial charge in [-0.15, -0.1) is 0 Å². The topological polar surface area (TPSA) is 115 Å². The predicted octanol–water partition coefficient (Wildman–Crippen LogP) is 0.478. The lowest BCUT2D eigenvalue weighted by molar-refractivity contribution is -0.387. The Bertz CT molecular complexity index is 548. The van der Waals surface area contributed by atoms with Gasteiger partial charge >= 0.3 is 5.69 Å². The van der Waals surface area contributed by atoms with Gasteiger partial charge in [-0.05, 0) is 6.07 Å². The van der Waals surface area contributed by atoms with E-state index in [4.69, 9.17) is 5.73 Å². The zero-order chi connectivity index (χ0) is 14.6. The average Bonchev–Trinajstić information content (AvgIpc) is 2.27. The van der Waals surface area contributed by atoms with Crippen LogP contribution in [0, 0.1) is 21.7 Å². The number of amides is 2. The van der Waals surface area contributed by atoms with Gasteiger partial charge in [-0.2, -0.15) is 4.39 Å². The van der Waals surface area contributed by atoms with E-state index in [0.29, 0.717) is 12.1 Å². The first-order valence-electron chi connectivity index (χ1n) is 5.03. The average molecular weight is 273 g/mol. The number of carbonyl (C=O) groups excluding carboxylic acids is 2. The zero-order valence-electron chi connectivity index (χ0n) is 9.48. The largest absolute Gasteiger partial charge is 0.370 e. The molecule has 0 atom stereocenters. The van der Waals surface area contributed by atoms with Crippen molar-refractivity contribution in [2.45, 2.75) is 6.42 Å². The number of nitro groups is 1. The highest BCUT2D eigenvalue weighted by atomic mass is 19.1. The number of carbonyl (C=O) groups is 2. The number of hydrogen-bond acceptors (Lipinski definition) is 4. The molecule has 19 heavy (non-hydrogen) atoms. The van der Waals surface area contributed by atoms with Crippen molar-refractivity contribution in [2.24, 2.45) is 5.73 Å². The van der Waals surface area contributed by atoms with Crippen molar-refractivity contribution in [1.82, 2.24) is 5.32 Å². The molecule has 0 spiro atoms. The summed E-state index contributed by atoms with van der Waals surface area (Å²) in [6, 6.07) is 1.23. The number of nitrogens with two attached hydrogens (primary N) is 1. The molecule has 0 aromatic heterocycles. The normalized spacial score (nSPS) is 10.0. The van der Waals surface area contributed by atoms with Crippen LogP contribution in [0.3, 0.4) is 0 Å². The number of nitrogens with zero attached hydrogens (tertiary/aromatic N) is 1. The summed E-state index contributed by atoms with van der Waals surface area (Å²) in [7, 11) is 0. The molecule has 0 aliphatic rings. The fourth-order valence-corrected chi connectivity index (χ4v) is 1.28. The smallest absolute Gasteiger partial charge is 0.305 e. The first-order chi connectivity index (χ1) is 8.84. The second-order valence-electron chi connectivity index (χ2n) is 3.48. The molecule has 0 saturated carbocycles. The van der Waals surface area contributed by atoms with Crippen LogP contribution < -0.4 is 11.1 Å². The fourth-order valence-electron chi connectivity index (χ4n) is 1.28. The molecule has 1 rings (SSSR count). The van der Waals surface area contributed by atoms with Crippen molar-refractivity contribution in [1.29, 1.82) is 0 Å². The SMILES string of the molecule is NC(=O)CCNC(=O)c1c(F)ccc([N+](=O)[O-])c1F. The van der Waals surface area contributed by atoms with E-state index in [-0.39, 0.29) is 13.0 Å². The van der Waals surface area contributed by atoms with E-state index >= 15 is 0 Å². The molecule has 0 saturated heterocycles. The van der Waals surface area contributed by atoms with Crippen molar-refractivity contribution in [3.63, 3.8) is 0 Å². The maximum Gasteiger partial charge on any atom is 0.305 e. The quantitative estimate of drug-likeness (QED) is 0.599. The van der Waals surface area contributed by atoms with E-state index < -0.39 is 39.6 Å². The molecule has 7 nitrogen and oxygen atoms in total. The standard InChI is InChI=1S/C10H9F2N3O4/c11-5-1-2-6(15(18)19)9(12)8(5)10(17)14-4-3-7(13)16/h1-2H,3-4H2,(H2,13,16)(H,14,17). The summed E-state index contributed by atoms with van der Waals surface area (Å²) in [4.78, 5) is 31.3. The number of nitro benzene ring substituents is 1. The number of primary amides is 1. The summed E-state index contributed by atoms with van der Waals surface area (Å²) in [6.45, 7) is -0.226. The van der Waals surface area contributed by atoms with Crippen LogP contribution in [-0.4, -0.2) is 23.3 Å². The summed E-state index contributed by atoms with van der Waals surface area (Å²) >= 11 is 0. The van der Waals surface area contributed by atoms with E-state index in [2.05, 4.69) is 0 Å². The van der Waals surface area contributed by atoms with Crippen LogP contribution >= 0.6 is 0 Å². The van der Waals surface area contributed by atoms with Crippen molar-refractivity contribution in [2.75, 3.05) is 6.54 Å². The van der Waals surface area contributed by atoms with Crippen molar-refractivity contribution in [3.8, 4) is 0 Å². The lowest BCUT2D eigenvalue weighted by Crippen LogP contribution is -2.29. The van der Waals surface area contributed by atoms with E-state index in [9.17, 15) is 28.5 Å². The van der Waals surface area contributed by atoms with E-state index in [1.807, 2.05) is 5.32 Å². The lowest BCUT2D eigenvalue weighted by Gasteiger charge is -2.06. The van der Waals surface area contributed by atoms with Crippen LogP contribution in [0.1, 0.15) is 16.8 Å². The Morgan fingerprint density at radius 1 is 1.37 bits per heavy atom. The van der Waals surface area contributed by atoms with E-state index in [1.54, 1.807) is 0 Å². The molecular formula is C10H9F2N3O4. The summed E-state index contributed by atoms with van der Waals surface area (Å²) in [5.74, 6) is -4.71. The van der Waals surface area contributed by atoms with Gasteiger partial charge < -0.3 is 11.1 Å². The maximum absolute atomic E-state index is 13.6. The Balaban J connectivity index is 2.99. The minimum Gasteiger partial charge on any atom is -0.370 e. The van der Waals surface area contributed by atoms with Gasteiger partial charge in [-0.3, -0.25) is 19.7 Å². The molecule has 3 N–H and O–H groups in total. The van der Waals surface area contributed by atoms with E-state index in [0.717, 1.165) is 0 Å². The van der Waals surface area contributed by atoms with Gasteiger partial charge in [0.05, 0.1) is 4.92 Å². The first kappa shape index (κ1) is 14.5. The Labute approximate surface area is 105 Å². The number of hydrogen-bond donors (Lipinski definition) is 2. The summed E-state index contributed by atoms with van der Waals surface area (Å²) in [5.41, 5.74) is 2.73. The van der Waals surface area contributed by atoms with Crippen LogP contribution in [0.2, 0.25) is 0 Å². The molecular weight excluding hydrogens is 264 g/mol. The van der Waals surface area contributed by atoms with Crippen LogP contribution in [0.15, 0.2) is 12.1 Å². The van der Waals surface area contributed by atoms with Gasteiger partial charge in [0.1, 0.15) is 11.4 Å². The number of benzene rings is 1. The van der Waals surface area contributed by atoms with Crippen molar-refractivity contribution in [3.05, 3.63) is 39.4 Å². The summed E-state index contributed by atoms with van der Waals surface area (Å²) in [6.07, 6.45) is -0.218. The third kappa shape index (κ3) is 3.44. The van der Waals surface area contributed by atoms with Gasteiger partial charge in [0.15, 0.2) is 0 Å². The monoisotopic (exact) mass is 273 g/mol. The Morgan fingerprint density at radius 2 is 2.00 bits per heavy atom. The molecule has 0 aliphatic carbocycles. The third-order valence-electron chi connectivity index (χ3n) is 2.15. The highest BCUT2D eigenvalue weighted by Gasteiger charge is 2.25. The highest BCUT2D eigenvalue weighted by Crippen LogP contribution is 2.22. The van der Waals surface area contributed by atoms with Crippen LogP contribution in [0.25, 0.3) is 0 Å². The summed E-state index contributed by atoms with van der Waals surface area (Å²) < 4.78 is 26.9. The number of nitrogens with one attached hydrogen (secondary N) is 1. The number of halogens is 2. The van der Waals surface area contributed by atoms with Crippen LogP contribution in [-0.2, 0) is 4.79 Å².